The molecule has 0 spiro atoms. The van der Waals surface area contributed by atoms with Crippen molar-refractivity contribution < 1.29 is 0 Å². The number of nitrogens with zero attached hydrogens (tertiary/aromatic N) is 1. The molecule has 0 amide bonds. The SMILES string of the molecule is NNC(Cc1cccnc1)C1CCCS1. The third-order valence-corrected chi connectivity index (χ3v) is 4.32. The van der Waals surface area contributed by atoms with E-state index in [4.69, 9.17) is 5.84 Å². The fraction of sp³-hybridized carbons (Fsp3) is 0.545. The van der Waals surface area contributed by atoms with Crippen molar-refractivity contribution in [2.24, 2.45) is 5.84 Å². The fourth-order valence-electron chi connectivity index (χ4n) is 1.99. The molecule has 82 valence electrons. The molecule has 0 saturated carbocycles. The van der Waals surface area contributed by atoms with Gasteiger partial charge in [-0.3, -0.25) is 16.3 Å². The number of nitrogens with two attached hydrogens (primary N) is 1. The molecule has 1 aliphatic heterocycles. The van der Waals surface area contributed by atoms with Crippen molar-refractivity contribution in [1.82, 2.24) is 10.4 Å². The van der Waals surface area contributed by atoms with E-state index >= 15 is 0 Å². The summed E-state index contributed by atoms with van der Waals surface area (Å²) < 4.78 is 0. The smallest absolute Gasteiger partial charge is 0.0370 e. The van der Waals surface area contributed by atoms with Crippen LogP contribution in [0.1, 0.15) is 18.4 Å². The Labute approximate surface area is 94.8 Å². The van der Waals surface area contributed by atoms with Crippen LogP contribution in [0.15, 0.2) is 24.5 Å². The molecule has 1 aliphatic rings. The zero-order valence-electron chi connectivity index (χ0n) is 8.73. The average Bonchev–Trinajstić information content (AvgIpc) is 2.81. The molecular weight excluding hydrogens is 206 g/mol. The zero-order valence-corrected chi connectivity index (χ0v) is 9.54. The second-order valence-corrected chi connectivity index (χ2v) is 5.24. The number of nitrogens with one attached hydrogen (secondary N) is 1. The molecule has 0 radical (unpaired) electrons. The van der Waals surface area contributed by atoms with E-state index < -0.39 is 0 Å². The largest absolute Gasteiger partial charge is 0.271 e. The Morgan fingerprint density at radius 3 is 3.20 bits per heavy atom. The molecule has 0 bridgehead atoms. The minimum atomic E-state index is 0.377. The second-order valence-electron chi connectivity index (χ2n) is 3.89. The number of aromatic nitrogens is 1. The third kappa shape index (κ3) is 2.93. The maximum absolute atomic E-state index is 5.62. The Bertz CT molecular complexity index is 285. The first-order chi connectivity index (χ1) is 7.40. The van der Waals surface area contributed by atoms with E-state index in [2.05, 4.69) is 16.5 Å². The maximum atomic E-state index is 5.62. The molecule has 1 saturated heterocycles. The molecule has 3 N–H and O–H groups in total. The molecule has 0 aromatic carbocycles. The van der Waals surface area contributed by atoms with E-state index in [1.54, 1.807) is 6.20 Å². The zero-order chi connectivity index (χ0) is 10.5. The van der Waals surface area contributed by atoms with Gasteiger partial charge in [-0.1, -0.05) is 6.07 Å². The van der Waals surface area contributed by atoms with Crippen LogP contribution in [0, 0.1) is 0 Å². The highest BCUT2D eigenvalue weighted by molar-refractivity contribution is 8.00. The summed E-state index contributed by atoms with van der Waals surface area (Å²) in [7, 11) is 0. The highest BCUT2D eigenvalue weighted by Crippen LogP contribution is 2.29. The summed E-state index contributed by atoms with van der Waals surface area (Å²) in [4.78, 5) is 4.12. The van der Waals surface area contributed by atoms with Crippen molar-refractivity contribution in [3.8, 4) is 0 Å². The molecule has 2 heterocycles. The lowest BCUT2D eigenvalue weighted by Gasteiger charge is -2.21. The second kappa shape index (κ2) is 5.49. The van der Waals surface area contributed by atoms with Gasteiger partial charge in [-0.05, 0) is 36.6 Å². The van der Waals surface area contributed by atoms with Gasteiger partial charge in [0.2, 0.25) is 0 Å². The third-order valence-electron chi connectivity index (χ3n) is 2.81. The van der Waals surface area contributed by atoms with Gasteiger partial charge >= 0.3 is 0 Å². The van der Waals surface area contributed by atoms with Gasteiger partial charge in [-0.25, -0.2) is 0 Å². The summed E-state index contributed by atoms with van der Waals surface area (Å²) >= 11 is 2.03. The minimum absolute atomic E-state index is 0.377. The Hall–Kier alpha value is -0.580. The Morgan fingerprint density at radius 2 is 2.60 bits per heavy atom. The molecule has 0 aliphatic carbocycles. The van der Waals surface area contributed by atoms with E-state index in [1.165, 1.54) is 24.2 Å². The van der Waals surface area contributed by atoms with Crippen LogP contribution < -0.4 is 11.3 Å². The number of pyridine rings is 1. The van der Waals surface area contributed by atoms with E-state index in [1.807, 2.05) is 24.0 Å². The van der Waals surface area contributed by atoms with Crippen molar-refractivity contribution in [2.75, 3.05) is 5.75 Å². The molecule has 1 fully saturated rings. The van der Waals surface area contributed by atoms with Crippen molar-refractivity contribution in [2.45, 2.75) is 30.6 Å². The van der Waals surface area contributed by atoms with Crippen molar-refractivity contribution in [3.63, 3.8) is 0 Å². The molecule has 1 aromatic heterocycles. The van der Waals surface area contributed by atoms with E-state index in [0.717, 1.165) is 6.42 Å². The summed E-state index contributed by atoms with van der Waals surface area (Å²) in [6, 6.07) is 4.46. The first-order valence-corrected chi connectivity index (χ1v) is 6.41. The summed E-state index contributed by atoms with van der Waals surface area (Å²) in [5, 5.41) is 0.662. The standard InChI is InChI=1S/C11H17N3S/c12-14-10(11-4-2-6-15-11)7-9-3-1-5-13-8-9/h1,3,5,8,10-11,14H,2,4,6-7,12H2. The monoisotopic (exact) mass is 223 g/mol. The predicted octanol–water partition coefficient (Wildman–Crippen LogP) is 1.35. The number of hydrazine groups is 1. The fourth-order valence-corrected chi connectivity index (χ4v) is 3.37. The molecule has 2 rings (SSSR count). The summed E-state index contributed by atoms with van der Waals surface area (Å²) in [5.74, 6) is 6.89. The van der Waals surface area contributed by atoms with Crippen LogP contribution in [0.4, 0.5) is 0 Å². The van der Waals surface area contributed by atoms with Crippen molar-refractivity contribution in [3.05, 3.63) is 30.1 Å². The molecule has 3 nitrogen and oxygen atoms in total. The van der Waals surface area contributed by atoms with Crippen LogP contribution in [0.2, 0.25) is 0 Å². The topological polar surface area (TPSA) is 50.9 Å². The predicted molar refractivity (Wildman–Crippen MR) is 64.5 cm³/mol. The maximum Gasteiger partial charge on any atom is 0.0370 e. The molecule has 1 aromatic rings. The normalized spacial score (nSPS) is 22.9. The lowest BCUT2D eigenvalue weighted by atomic mass is 10.0. The van der Waals surface area contributed by atoms with Gasteiger partial charge in [-0.2, -0.15) is 11.8 Å². The summed E-state index contributed by atoms with van der Waals surface area (Å²) in [6.45, 7) is 0. The average molecular weight is 223 g/mol. The van der Waals surface area contributed by atoms with Gasteiger partial charge in [-0.15, -0.1) is 0 Å². The van der Waals surface area contributed by atoms with E-state index in [-0.39, 0.29) is 0 Å². The van der Waals surface area contributed by atoms with Gasteiger partial charge in [0, 0.05) is 23.7 Å². The van der Waals surface area contributed by atoms with Crippen molar-refractivity contribution >= 4 is 11.8 Å². The highest BCUT2D eigenvalue weighted by Gasteiger charge is 2.24. The molecule has 4 heteroatoms. The highest BCUT2D eigenvalue weighted by atomic mass is 32.2. The van der Waals surface area contributed by atoms with Crippen molar-refractivity contribution in [1.29, 1.82) is 0 Å². The summed E-state index contributed by atoms with van der Waals surface area (Å²) in [6.07, 6.45) is 7.30. The van der Waals surface area contributed by atoms with Crippen LogP contribution in [0.25, 0.3) is 0 Å². The Kier molecular flexibility index (Phi) is 4.00. The van der Waals surface area contributed by atoms with Crippen LogP contribution in [-0.4, -0.2) is 22.0 Å². The first-order valence-electron chi connectivity index (χ1n) is 5.37. The molecule has 15 heavy (non-hydrogen) atoms. The molecule has 2 unspecified atom stereocenters. The lowest BCUT2D eigenvalue weighted by Crippen LogP contribution is -2.43. The van der Waals surface area contributed by atoms with Gasteiger partial charge in [0.15, 0.2) is 0 Å². The summed E-state index contributed by atoms with van der Waals surface area (Å²) in [5.41, 5.74) is 4.20. The van der Waals surface area contributed by atoms with Crippen LogP contribution in [-0.2, 0) is 6.42 Å². The Morgan fingerprint density at radius 1 is 1.67 bits per heavy atom. The van der Waals surface area contributed by atoms with Crippen LogP contribution in [0.3, 0.4) is 0 Å². The number of thioether (sulfide) groups is 1. The Balaban J connectivity index is 1.96. The number of rotatable bonds is 4. The van der Waals surface area contributed by atoms with Gasteiger partial charge < -0.3 is 0 Å². The van der Waals surface area contributed by atoms with E-state index in [0.29, 0.717) is 11.3 Å². The van der Waals surface area contributed by atoms with Crippen LogP contribution in [0.5, 0.6) is 0 Å². The number of hydrogen-bond acceptors (Lipinski definition) is 4. The van der Waals surface area contributed by atoms with Gasteiger partial charge in [0.05, 0.1) is 0 Å². The van der Waals surface area contributed by atoms with Crippen LogP contribution >= 0.6 is 11.8 Å². The van der Waals surface area contributed by atoms with Gasteiger partial charge in [0.25, 0.3) is 0 Å². The lowest BCUT2D eigenvalue weighted by molar-refractivity contribution is 0.495. The van der Waals surface area contributed by atoms with E-state index in [9.17, 15) is 0 Å². The quantitative estimate of drug-likeness (QED) is 0.597. The molecule has 2 atom stereocenters. The first kappa shape index (κ1) is 10.9. The van der Waals surface area contributed by atoms with Gasteiger partial charge in [0.1, 0.15) is 0 Å². The molecular formula is C11H17N3S. The minimum Gasteiger partial charge on any atom is -0.271 e. The number of hydrogen-bond donors (Lipinski definition) is 2.